The molecule has 0 bridgehead atoms. The zero-order chi connectivity index (χ0) is 22.2. The van der Waals surface area contributed by atoms with Crippen LogP contribution in [0.3, 0.4) is 0 Å². The van der Waals surface area contributed by atoms with E-state index in [4.69, 9.17) is 0 Å². The van der Waals surface area contributed by atoms with Crippen LogP contribution in [-0.2, 0) is 5.75 Å². The van der Waals surface area contributed by atoms with Gasteiger partial charge in [-0.15, -0.1) is 11.8 Å². The third-order valence-corrected chi connectivity index (χ3v) is 6.75. The summed E-state index contributed by atoms with van der Waals surface area (Å²) < 4.78 is 0. The highest BCUT2D eigenvalue weighted by Gasteiger charge is 2.20. The molecule has 4 rings (SSSR count). The van der Waals surface area contributed by atoms with Gasteiger partial charge in [-0.05, 0) is 54.8 Å². The number of likely N-dealkylation sites (tertiary alicyclic amines) is 1. The normalized spacial score (nSPS) is 13.9. The van der Waals surface area contributed by atoms with Crippen molar-refractivity contribution in [2.75, 3.05) is 18.4 Å². The minimum atomic E-state index is -0.205. The largest absolute Gasteiger partial charge is 0.339 e. The highest BCUT2D eigenvalue weighted by Crippen LogP contribution is 2.23. The monoisotopic (exact) mass is 444 g/mol. The van der Waals surface area contributed by atoms with Crippen LogP contribution in [0.5, 0.6) is 0 Å². The molecule has 32 heavy (non-hydrogen) atoms. The van der Waals surface area contributed by atoms with Crippen LogP contribution >= 0.6 is 11.8 Å². The first kappa shape index (κ1) is 22.2. The van der Waals surface area contributed by atoms with Crippen molar-refractivity contribution < 1.29 is 9.59 Å². The van der Waals surface area contributed by atoms with Gasteiger partial charge in [-0.2, -0.15) is 0 Å². The summed E-state index contributed by atoms with van der Waals surface area (Å²) in [7, 11) is 0. The Morgan fingerprint density at radius 1 is 0.781 bits per heavy atom. The number of benzene rings is 3. The molecule has 2 amide bonds. The minimum absolute atomic E-state index is 0.00363. The van der Waals surface area contributed by atoms with Crippen LogP contribution in [0, 0.1) is 0 Å². The molecule has 4 nitrogen and oxygen atoms in total. The van der Waals surface area contributed by atoms with E-state index in [0.29, 0.717) is 16.8 Å². The lowest BCUT2D eigenvalue weighted by Gasteiger charge is -2.22. The molecule has 0 saturated carbocycles. The zero-order valence-corrected chi connectivity index (χ0v) is 18.9. The van der Waals surface area contributed by atoms with Gasteiger partial charge in [0.15, 0.2) is 0 Å². The molecule has 3 aromatic carbocycles. The van der Waals surface area contributed by atoms with Gasteiger partial charge in [0.25, 0.3) is 11.8 Å². The lowest BCUT2D eigenvalue weighted by atomic mass is 10.1. The van der Waals surface area contributed by atoms with E-state index in [1.165, 1.54) is 17.7 Å². The predicted octanol–water partition coefficient (Wildman–Crippen LogP) is 6.25. The Hall–Kier alpha value is -3.05. The van der Waals surface area contributed by atoms with Crippen LogP contribution in [0.15, 0.2) is 83.8 Å². The van der Waals surface area contributed by atoms with Crippen molar-refractivity contribution >= 4 is 29.3 Å². The molecule has 3 aromatic rings. The maximum Gasteiger partial charge on any atom is 0.255 e. The van der Waals surface area contributed by atoms with Crippen LogP contribution < -0.4 is 5.32 Å². The summed E-state index contributed by atoms with van der Waals surface area (Å²) in [5, 5.41) is 2.95. The van der Waals surface area contributed by atoms with Gasteiger partial charge in [0.05, 0.1) is 11.3 Å². The second kappa shape index (κ2) is 11.0. The Morgan fingerprint density at radius 2 is 1.44 bits per heavy atom. The number of anilines is 1. The number of amides is 2. The van der Waals surface area contributed by atoms with Crippen molar-refractivity contribution in [3.05, 3.63) is 95.6 Å². The van der Waals surface area contributed by atoms with E-state index in [2.05, 4.69) is 17.4 Å². The fourth-order valence-electron chi connectivity index (χ4n) is 3.85. The van der Waals surface area contributed by atoms with E-state index in [1.54, 1.807) is 23.9 Å². The number of nitrogens with one attached hydrogen (secondary N) is 1. The molecule has 1 fully saturated rings. The summed E-state index contributed by atoms with van der Waals surface area (Å²) in [6.07, 6.45) is 4.41. The second-order valence-electron chi connectivity index (χ2n) is 8.00. The summed E-state index contributed by atoms with van der Waals surface area (Å²) in [5.41, 5.74) is 2.86. The first-order chi connectivity index (χ1) is 15.7. The van der Waals surface area contributed by atoms with Crippen LogP contribution in [0.1, 0.15) is 52.0 Å². The van der Waals surface area contributed by atoms with Gasteiger partial charge < -0.3 is 10.2 Å². The van der Waals surface area contributed by atoms with Gasteiger partial charge in [0, 0.05) is 29.3 Å². The third kappa shape index (κ3) is 5.80. The summed E-state index contributed by atoms with van der Waals surface area (Å²) in [5.74, 6) is 0.637. The highest BCUT2D eigenvalue weighted by atomic mass is 32.2. The molecule has 1 saturated heterocycles. The van der Waals surface area contributed by atoms with Gasteiger partial charge in [-0.3, -0.25) is 9.59 Å². The number of hydrogen-bond acceptors (Lipinski definition) is 3. The molecule has 0 radical (unpaired) electrons. The quantitative estimate of drug-likeness (QED) is 0.457. The van der Waals surface area contributed by atoms with E-state index >= 15 is 0 Å². The Labute approximate surface area is 194 Å². The van der Waals surface area contributed by atoms with Crippen LogP contribution in [0.4, 0.5) is 5.69 Å². The molecule has 0 unspecified atom stereocenters. The predicted molar refractivity (Wildman–Crippen MR) is 131 cm³/mol. The Morgan fingerprint density at radius 3 is 2.16 bits per heavy atom. The topological polar surface area (TPSA) is 49.4 Å². The van der Waals surface area contributed by atoms with Gasteiger partial charge in [0.1, 0.15) is 0 Å². The van der Waals surface area contributed by atoms with Gasteiger partial charge in [0.2, 0.25) is 0 Å². The lowest BCUT2D eigenvalue weighted by Crippen LogP contribution is -2.32. The second-order valence-corrected chi connectivity index (χ2v) is 9.05. The molecule has 0 spiro atoms. The highest BCUT2D eigenvalue weighted by molar-refractivity contribution is 7.98. The van der Waals surface area contributed by atoms with Crippen LogP contribution in [-0.4, -0.2) is 29.8 Å². The first-order valence-electron chi connectivity index (χ1n) is 11.2. The van der Waals surface area contributed by atoms with Crippen molar-refractivity contribution in [2.24, 2.45) is 0 Å². The van der Waals surface area contributed by atoms with E-state index in [9.17, 15) is 9.59 Å². The smallest absolute Gasteiger partial charge is 0.255 e. The van der Waals surface area contributed by atoms with E-state index in [1.807, 2.05) is 59.5 Å². The van der Waals surface area contributed by atoms with Crippen LogP contribution in [0.2, 0.25) is 0 Å². The minimum Gasteiger partial charge on any atom is -0.339 e. The maximum atomic E-state index is 13.1. The number of carbonyl (C=O) groups excluding carboxylic acids is 2. The SMILES string of the molecule is O=C(Nc1ccccc1C(=O)N1CCCCCC1)c1ccc(CSc2ccccc2)cc1. The number of nitrogens with zero attached hydrogens (tertiary/aromatic N) is 1. The summed E-state index contributed by atoms with van der Waals surface area (Å²) in [4.78, 5) is 29.1. The molecule has 1 aliphatic rings. The van der Waals surface area contributed by atoms with Gasteiger partial charge in [-0.1, -0.05) is 55.3 Å². The summed E-state index contributed by atoms with van der Waals surface area (Å²) in [6.45, 7) is 1.56. The van der Waals surface area contributed by atoms with Gasteiger partial charge in [-0.25, -0.2) is 0 Å². The van der Waals surface area contributed by atoms with E-state index in [-0.39, 0.29) is 11.8 Å². The zero-order valence-electron chi connectivity index (χ0n) is 18.1. The van der Waals surface area contributed by atoms with Crippen LogP contribution in [0.25, 0.3) is 0 Å². The molecule has 1 heterocycles. The van der Waals surface area contributed by atoms with E-state index < -0.39 is 0 Å². The molecule has 0 atom stereocenters. The maximum absolute atomic E-state index is 13.1. The standard InChI is InChI=1S/C27H28N2O2S/c30-26(22-16-14-21(15-17-22)20-32-23-10-4-3-5-11-23)28-25-13-7-6-12-24(25)27(31)29-18-8-1-2-9-19-29/h3-7,10-17H,1-2,8-9,18-20H2,(H,28,30). The number of rotatable bonds is 6. The molecule has 1 aliphatic heterocycles. The van der Waals surface area contributed by atoms with Crippen molar-refractivity contribution in [1.29, 1.82) is 0 Å². The number of hydrogen-bond donors (Lipinski definition) is 1. The van der Waals surface area contributed by atoms with Crippen molar-refractivity contribution in [3.8, 4) is 0 Å². The Balaban J connectivity index is 1.41. The summed E-state index contributed by atoms with van der Waals surface area (Å²) >= 11 is 1.77. The molecule has 1 N–H and O–H groups in total. The average Bonchev–Trinajstić information content (AvgIpc) is 3.13. The average molecular weight is 445 g/mol. The van der Waals surface area contributed by atoms with Crippen molar-refractivity contribution in [3.63, 3.8) is 0 Å². The van der Waals surface area contributed by atoms with E-state index in [0.717, 1.165) is 37.2 Å². The first-order valence-corrected chi connectivity index (χ1v) is 12.2. The Bertz CT molecular complexity index is 1040. The fourth-order valence-corrected chi connectivity index (χ4v) is 4.73. The number of thioether (sulfide) groups is 1. The lowest BCUT2D eigenvalue weighted by molar-refractivity contribution is 0.0762. The fraction of sp³-hybridized carbons (Fsp3) is 0.259. The summed E-state index contributed by atoms with van der Waals surface area (Å²) in [6, 6.07) is 25.2. The molecule has 0 aromatic heterocycles. The third-order valence-electron chi connectivity index (χ3n) is 5.66. The number of carbonyl (C=O) groups is 2. The molecular formula is C27H28N2O2S. The Kier molecular flexibility index (Phi) is 7.62. The molecular weight excluding hydrogens is 416 g/mol. The van der Waals surface area contributed by atoms with Crippen molar-refractivity contribution in [1.82, 2.24) is 4.90 Å². The molecule has 164 valence electrons. The van der Waals surface area contributed by atoms with Gasteiger partial charge >= 0.3 is 0 Å². The molecule has 0 aliphatic carbocycles. The number of para-hydroxylation sites is 1. The molecule has 5 heteroatoms. The van der Waals surface area contributed by atoms with Crippen molar-refractivity contribution in [2.45, 2.75) is 36.3 Å².